The van der Waals surface area contributed by atoms with E-state index < -0.39 is 0 Å². The Labute approximate surface area is 228 Å². The Hall–Kier alpha value is -5.01. The second-order valence-corrected chi connectivity index (χ2v) is 10.0. The number of nitriles is 1. The monoisotopic (exact) mass is 502 g/mol. The molecule has 3 aromatic carbocycles. The molecule has 0 saturated heterocycles. The van der Waals surface area contributed by atoms with Gasteiger partial charge in [0.2, 0.25) is 0 Å². The highest BCUT2D eigenvalue weighted by molar-refractivity contribution is 6.19. The largest absolute Gasteiger partial charge is 0.311 e. The van der Waals surface area contributed by atoms with Crippen LogP contribution in [0.4, 0.5) is 11.4 Å². The predicted octanol–water partition coefficient (Wildman–Crippen LogP) is 7.89. The minimum absolute atomic E-state index is 0.0212. The summed E-state index contributed by atoms with van der Waals surface area (Å²) in [6.45, 7) is 0. The normalized spacial score (nSPS) is 20.4. The smallest absolute Gasteiger partial charge is 0.159 e. The van der Waals surface area contributed by atoms with E-state index in [4.69, 9.17) is 9.98 Å². The highest BCUT2D eigenvalue weighted by Crippen LogP contribution is 2.42. The maximum Gasteiger partial charge on any atom is 0.159 e. The molecule has 0 N–H and O–H groups in total. The molecule has 3 aromatic rings. The third kappa shape index (κ3) is 4.09. The van der Waals surface area contributed by atoms with Crippen molar-refractivity contribution in [2.24, 2.45) is 21.8 Å². The Balaban J connectivity index is 1.44. The van der Waals surface area contributed by atoms with E-state index in [0.717, 1.165) is 58.0 Å². The van der Waals surface area contributed by atoms with E-state index in [1.807, 2.05) is 42.5 Å². The zero-order chi connectivity index (χ0) is 26.2. The first kappa shape index (κ1) is 23.1. The third-order valence-electron chi connectivity index (χ3n) is 7.63. The number of rotatable bonds is 4. The number of anilines is 2. The zero-order valence-corrected chi connectivity index (χ0v) is 21.4. The van der Waals surface area contributed by atoms with Crippen LogP contribution in [-0.2, 0) is 0 Å². The first-order valence-corrected chi connectivity index (χ1v) is 13.4. The lowest BCUT2D eigenvalue weighted by atomic mass is 9.79. The highest BCUT2D eigenvalue weighted by atomic mass is 15.1. The van der Waals surface area contributed by atoms with Gasteiger partial charge in [-0.2, -0.15) is 5.26 Å². The molecular formula is C35H26N4. The van der Waals surface area contributed by atoms with Gasteiger partial charge in [-0.1, -0.05) is 85.0 Å². The fourth-order valence-corrected chi connectivity index (χ4v) is 5.85. The average molecular weight is 503 g/mol. The van der Waals surface area contributed by atoms with Gasteiger partial charge in [-0.15, -0.1) is 0 Å². The van der Waals surface area contributed by atoms with Crippen LogP contribution >= 0.6 is 0 Å². The molecule has 2 unspecified atom stereocenters. The minimum atomic E-state index is -0.0212. The van der Waals surface area contributed by atoms with E-state index in [1.165, 1.54) is 0 Å². The molecule has 4 nitrogen and oxygen atoms in total. The maximum absolute atomic E-state index is 10.5. The summed E-state index contributed by atoms with van der Waals surface area (Å²) in [5.74, 6) is 0.792. The summed E-state index contributed by atoms with van der Waals surface area (Å²) >= 11 is 0. The van der Waals surface area contributed by atoms with E-state index in [2.05, 4.69) is 89.9 Å². The second kappa shape index (κ2) is 9.70. The van der Waals surface area contributed by atoms with E-state index in [-0.39, 0.29) is 11.8 Å². The van der Waals surface area contributed by atoms with Crippen molar-refractivity contribution in [1.29, 1.82) is 5.26 Å². The Morgan fingerprint density at radius 3 is 2.44 bits per heavy atom. The van der Waals surface area contributed by atoms with Gasteiger partial charge in [0.15, 0.2) is 5.84 Å². The molecule has 0 spiro atoms. The van der Waals surface area contributed by atoms with Crippen molar-refractivity contribution in [3.8, 4) is 6.07 Å². The van der Waals surface area contributed by atoms with E-state index in [0.29, 0.717) is 11.4 Å². The first-order chi connectivity index (χ1) is 19.3. The van der Waals surface area contributed by atoms with Gasteiger partial charge < -0.3 is 4.90 Å². The van der Waals surface area contributed by atoms with Crippen LogP contribution in [0.15, 0.2) is 137 Å². The predicted molar refractivity (Wildman–Crippen MR) is 159 cm³/mol. The number of para-hydroxylation sites is 1. The summed E-state index contributed by atoms with van der Waals surface area (Å²) < 4.78 is 0. The molecule has 4 heteroatoms. The van der Waals surface area contributed by atoms with Gasteiger partial charge >= 0.3 is 0 Å². The van der Waals surface area contributed by atoms with Crippen molar-refractivity contribution in [2.75, 3.05) is 4.90 Å². The minimum Gasteiger partial charge on any atom is -0.311 e. The Bertz CT molecular complexity index is 1710. The number of fused-ring (bicyclic) bond motifs is 2. The molecule has 3 aliphatic carbocycles. The first-order valence-electron chi connectivity index (χ1n) is 13.4. The van der Waals surface area contributed by atoms with Crippen LogP contribution in [0.3, 0.4) is 0 Å². The molecule has 7 rings (SSSR count). The summed E-state index contributed by atoms with van der Waals surface area (Å²) in [7, 11) is 0. The lowest BCUT2D eigenvalue weighted by Gasteiger charge is -2.31. The van der Waals surface area contributed by atoms with Crippen molar-refractivity contribution in [2.45, 2.75) is 12.8 Å². The Kier molecular flexibility index (Phi) is 5.75. The molecule has 1 heterocycles. The third-order valence-corrected chi connectivity index (χ3v) is 7.63. The summed E-state index contributed by atoms with van der Waals surface area (Å²) in [5, 5.41) is 10.5. The molecule has 186 valence electrons. The van der Waals surface area contributed by atoms with E-state index in [9.17, 15) is 5.26 Å². The van der Waals surface area contributed by atoms with Gasteiger partial charge in [0.05, 0.1) is 29.0 Å². The van der Waals surface area contributed by atoms with Crippen molar-refractivity contribution >= 4 is 29.0 Å². The van der Waals surface area contributed by atoms with Crippen LogP contribution in [0.2, 0.25) is 0 Å². The van der Waals surface area contributed by atoms with Gasteiger partial charge in [-0.3, -0.25) is 0 Å². The maximum atomic E-state index is 10.5. The molecule has 4 aliphatic rings. The van der Waals surface area contributed by atoms with Gasteiger partial charge in [0, 0.05) is 34.1 Å². The van der Waals surface area contributed by atoms with Crippen LogP contribution < -0.4 is 4.90 Å². The van der Waals surface area contributed by atoms with Crippen molar-refractivity contribution in [3.05, 3.63) is 149 Å². The molecule has 1 aliphatic heterocycles. The molecule has 0 radical (unpaired) electrons. The van der Waals surface area contributed by atoms with Crippen LogP contribution in [0.25, 0.3) is 6.08 Å². The number of hydrogen-bond donors (Lipinski definition) is 0. The van der Waals surface area contributed by atoms with Crippen molar-refractivity contribution in [3.63, 3.8) is 0 Å². The average Bonchev–Trinajstić information content (AvgIpc) is 3.16. The lowest BCUT2D eigenvalue weighted by molar-refractivity contribution is 0.658. The summed E-state index contributed by atoms with van der Waals surface area (Å²) in [4.78, 5) is 12.4. The fourth-order valence-electron chi connectivity index (χ4n) is 5.85. The van der Waals surface area contributed by atoms with Gasteiger partial charge in [0.25, 0.3) is 0 Å². The summed E-state index contributed by atoms with van der Waals surface area (Å²) in [6.07, 6.45) is 19.5. The molecule has 2 atom stereocenters. The van der Waals surface area contributed by atoms with Crippen LogP contribution in [0, 0.1) is 23.2 Å². The topological polar surface area (TPSA) is 51.8 Å². The number of aliphatic imine (C=N–C) groups is 2. The Morgan fingerprint density at radius 2 is 1.67 bits per heavy atom. The number of allylic oxidation sites excluding steroid dienone is 8. The molecule has 0 aromatic heterocycles. The number of amidine groups is 1. The molecule has 39 heavy (non-hydrogen) atoms. The highest BCUT2D eigenvalue weighted by Gasteiger charge is 2.37. The quantitative estimate of drug-likeness (QED) is 0.364. The zero-order valence-electron chi connectivity index (χ0n) is 21.4. The molecule has 0 saturated carbocycles. The Morgan fingerprint density at radius 1 is 0.846 bits per heavy atom. The van der Waals surface area contributed by atoms with Crippen molar-refractivity contribution in [1.82, 2.24) is 0 Å². The molecule has 0 bridgehead atoms. The van der Waals surface area contributed by atoms with E-state index >= 15 is 0 Å². The fraction of sp³-hybridized carbons (Fsp3) is 0.114. The van der Waals surface area contributed by atoms with Crippen LogP contribution in [-0.4, -0.2) is 11.5 Å². The number of nitrogens with zero attached hydrogens (tertiary/aromatic N) is 4. The molecule has 0 amide bonds. The van der Waals surface area contributed by atoms with E-state index in [1.54, 1.807) is 0 Å². The summed E-state index contributed by atoms with van der Waals surface area (Å²) in [6, 6.07) is 27.2. The second-order valence-electron chi connectivity index (χ2n) is 10.0. The number of hydrogen-bond acceptors (Lipinski definition) is 4. The van der Waals surface area contributed by atoms with Gasteiger partial charge in [0.1, 0.15) is 0 Å². The standard InChI is InChI=1S/C35H26N4/c36-23-27-22-30(39(28-14-6-2-7-15-28)29-16-8-3-9-17-29)21-26-20-19-24-13-10-18-31-33(24)34(32(26)27)38-35(37-31)25-11-4-1-5-12-25/h1-2,4-8,10-22,24,33H,3,9H2. The van der Waals surface area contributed by atoms with Crippen LogP contribution in [0.5, 0.6) is 0 Å². The van der Waals surface area contributed by atoms with Crippen molar-refractivity contribution < 1.29 is 0 Å². The molecule has 0 fully saturated rings. The number of benzene rings is 3. The lowest BCUT2D eigenvalue weighted by Crippen LogP contribution is -2.30. The van der Waals surface area contributed by atoms with Crippen LogP contribution in [0.1, 0.15) is 35.1 Å². The molecular weight excluding hydrogens is 476 g/mol. The van der Waals surface area contributed by atoms with Gasteiger partial charge in [-0.05, 0) is 54.8 Å². The van der Waals surface area contributed by atoms with Gasteiger partial charge in [-0.25, -0.2) is 9.98 Å². The summed E-state index contributed by atoms with van der Waals surface area (Å²) in [5.41, 5.74) is 8.53. The SMILES string of the molecule is N#Cc1cc(N(C2=CCCC=C2)c2ccccc2)cc2c1C1=NC(c3ccccc3)=NC3=CC=CC(C=C2)C31.